The van der Waals surface area contributed by atoms with E-state index in [-0.39, 0.29) is 5.91 Å². The second kappa shape index (κ2) is 9.50. The van der Waals surface area contributed by atoms with E-state index in [9.17, 15) is 10.1 Å². The zero-order chi connectivity index (χ0) is 21.6. The van der Waals surface area contributed by atoms with E-state index in [0.717, 1.165) is 39.6 Å². The maximum Gasteiger partial charge on any atom is 0.252 e. The Morgan fingerprint density at radius 3 is 2.58 bits per heavy atom. The number of benzene rings is 3. The van der Waals surface area contributed by atoms with Crippen molar-refractivity contribution in [2.24, 2.45) is 0 Å². The molecule has 0 atom stereocenters. The molecule has 0 aliphatic heterocycles. The number of nitrogens with one attached hydrogen (secondary N) is 1. The number of aromatic nitrogens is 2. The zero-order valence-corrected chi connectivity index (χ0v) is 18.0. The van der Waals surface area contributed by atoms with Crippen molar-refractivity contribution in [3.05, 3.63) is 89.7 Å². The molecule has 0 bridgehead atoms. The number of rotatable bonds is 7. The molecule has 0 saturated carbocycles. The molecule has 31 heavy (non-hydrogen) atoms. The summed E-state index contributed by atoms with van der Waals surface area (Å²) in [5, 5.41) is 12.4. The van der Waals surface area contributed by atoms with Crippen LogP contribution in [0.25, 0.3) is 11.0 Å². The zero-order valence-electron chi connectivity index (χ0n) is 17.2. The maximum absolute atomic E-state index is 12.8. The maximum atomic E-state index is 12.8. The van der Waals surface area contributed by atoms with Crippen LogP contribution in [0, 0.1) is 18.3 Å². The predicted octanol–water partition coefficient (Wildman–Crippen LogP) is 5.19. The Hall–Kier alpha value is -3.56. The average Bonchev–Trinajstić information content (AvgIpc) is 3.12. The number of nitriles is 1. The summed E-state index contributed by atoms with van der Waals surface area (Å²) < 4.78 is 2.18. The fourth-order valence-electron chi connectivity index (χ4n) is 3.52. The van der Waals surface area contributed by atoms with Gasteiger partial charge in [0, 0.05) is 22.9 Å². The number of amides is 1. The summed E-state index contributed by atoms with van der Waals surface area (Å²) in [7, 11) is 0. The molecule has 0 unspecified atom stereocenters. The summed E-state index contributed by atoms with van der Waals surface area (Å²) in [5.41, 5.74) is 3.33. The van der Waals surface area contributed by atoms with Gasteiger partial charge in [0.2, 0.25) is 0 Å². The number of hydrogen-bond donors (Lipinski definition) is 1. The molecule has 4 rings (SSSR count). The highest BCUT2D eigenvalue weighted by atomic mass is 32.2. The van der Waals surface area contributed by atoms with E-state index in [1.165, 1.54) is 11.8 Å². The lowest BCUT2D eigenvalue weighted by Crippen LogP contribution is -2.25. The van der Waals surface area contributed by atoms with Crippen molar-refractivity contribution in [2.45, 2.75) is 29.7 Å². The van der Waals surface area contributed by atoms with Crippen molar-refractivity contribution >= 4 is 28.7 Å². The molecule has 0 spiro atoms. The molecular weight excluding hydrogens is 404 g/mol. The van der Waals surface area contributed by atoms with Crippen LogP contribution in [-0.4, -0.2) is 22.0 Å². The predicted molar refractivity (Wildman–Crippen MR) is 123 cm³/mol. The molecule has 0 aliphatic rings. The molecule has 5 nitrogen and oxygen atoms in total. The van der Waals surface area contributed by atoms with Crippen LogP contribution in [0.3, 0.4) is 0 Å². The van der Waals surface area contributed by atoms with Gasteiger partial charge in [-0.1, -0.05) is 48.2 Å². The van der Waals surface area contributed by atoms with Gasteiger partial charge in [-0.3, -0.25) is 4.79 Å². The molecule has 1 amide bonds. The molecule has 0 aliphatic carbocycles. The Kier molecular flexibility index (Phi) is 6.34. The van der Waals surface area contributed by atoms with Gasteiger partial charge in [-0.15, -0.1) is 0 Å². The summed E-state index contributed by atoms with van der Waals surface area (Å²) in [6.07, 6.45) is 0.805. The first-order chi connectivity index (χ1) is 15.2. The fraction of sp³-hybridized carbons (Fsp3) is 0.160. The van der Waals surface area contributed by atoms with Crippen LogP contribution < -0.4 is 5.32 Å². The molecule has 0 fully saturated rings. The van der Waals surface area contributed by atoms with Gasteiger partial charge in [-0.25, -0.2) is 4.98 Å². The van der Waals surface area contributed by atoms with Crippen molar-refractivity contribution in [3.8, 4) is 6.07 Å². The van der Waals surface area contributed by atoms with Crippen molar-refractivity contribution in [1.82, 2.24) is 14.9 Å². The van der Waals surface area contributed by atoms with E-state index in [4.69, 9.17) is 0 Å². The molecule has 4 aromatic rings. The molecule has 1 N–H and O–H groups in total. The minimum absolute atomic E-state index is 0.107. The van der Waals surface area contributed by atoms with Crippen LogP contribution in [0.15, 0.2) is 82.6 Å². The highest BCUT2D eigenvalue weighted by molar-refractivity contribution is 7.99. The highest BCUT2D eigenvalue weighted by Gasteiger charge is 2.13. The minimum atomic E-state index is -0.107. The first-order valence-electron chi connectivity index (χ1n) is 10.1. The van der Waals surface area contributed by atoms with Gasteiger partial charge in [-0.2, -0.15) is 5.26 Å². The Labute approximate surface area is 185 Å². The third kappa shape index (κ3) is 4.62. The number of imidazole rings is 1. The van der Waals surface area contributed by atoms with Crippen molar-refractivity contribution < 1.29 is 4.79 Å². The normalized spacial score (nSPS) is 10.7. The third-order valence-corrected chi connectivity index (χ3v) is 6.20. The van der Waals surface area contributed by atoms with Crippen LogP contribution in [-0.2, 0) is 6.54 Å². The lowest BCUT2D eigenvalue weighted by Gasteiger charge is -2.11. The standard InChI is InChI=1S/C25H22N4OS/c1-18-28-21-11-4-5-12-22(21)29(18)16-8-15-27-25(30)20-10-3-7-14-24(20)31-23-13-6-2-9-19(23)17-26/h2-7,9-14H,8,15-16H2,1H3,(H,27,30). The second-order valence-electron chi connectivity index (χ2n) is 7.12. The van der Waals surface area contributed by atoms with Gasteiger partial charge < -0.3 is 9.88 Å². The van der Waals surface area contributed by atoms with Crippen molar-refractivity contribution in [2.75, 3.05) is 6.54 Å². The summed E-state index contributed by atoms with van der Waals surface area (Å²) in [6.45, 7) is 3.36. The summed E-state index contributed by atoms with van der Waals surface area (Å²) in [4.78, 5) is 19.1. The lowest BCUT2D eigenvalue weighted by molar-refractivity contribution is 0.0950. The molecule has 1 aromatic heterocycles. The third-order valence-electron chi connectivity index (χ3n) is 5.05. The largest absolute Gasteiger partial charge is 0.352 e. The number of carbonyl (C=O) groups is 1. The Morgan fingerprint density at radius 1 is 1.03 bits per heavy atom. The van der Waals surface area contributed by atoms with E-state index in [1.807, 2.05) is 67.6 Å². The van der Waals surface area contributed by atoms with Crippen LogP contribution in [0.1, 0.15) is 28.2 Å². The molecular formula is C25H22N4OS. The van der Waals surface area contributed by atoms with E-state index in [0.29, 0.717) is 17.7 Å². The first kappa shape index (κ1) is 20.7. The number of fused-ring (bicyclic) bond motifs is 1. The van der Waals surface area contributed by atoms with E-state index < -0.39 is 0 Å². The molecule has 6 heteroatoms. The minimum Gasteiger partial charge on any atom is -0.352 e. The molecule has 154 valence electrons. The second-order valence-corrected chi connectivity index (χ2v) is 8.20. The Bertz CT molecular complexity index is 1270. The van der Waals surface area contributed by atoms with Gasteiger partial charge in [0.15, 0.2) is 0 Å². The van der Waals surface area contributed by atoms with Crippen molar-refractivity contribution in [1.29, 1.82) is 5.26 Å². The summed E-state index contributed by atoms with van der Waals surface area (Å²) in [5.74, 6) is 0.871. The number of para-hydroxylation sites is 2. The molecule has 0 saturated heterocycles. The van der Waals surface area contributed by atoms with Gasteiger partial charge in [-0.05, 0) is 49.7 Å². The van der Waals surface area contributed by atoms with Crippen molar-refractivity contribution in [3.63, 3.8) is 0 Å². The van der Waals surface area contributed by atoms with Gasteiger partial charge in [0.25, 0.3) is 5.91 Å². The lowest BCUT2D eigenvalue weighted by atomic mass is 10.2. The first-order valence-corrected chi connectivity index (χ1v) is 10.9. The number of hydrogen-bond acceptors (Lipinski definition) is 4. The van der Waals surface area contributed by atoms with E-state index in [2.05, 4.69) is 27.0 Å². The van der Waals surface area contributed by atoms with E-state index in [1.54, 1.807) is 6.07 Å². The number of aryl methyl sites for hydroxylation is 2. The molecule has 0 radical (unpaired) electrons. The quantitative estimate of drug-likeness (QED) is 0.413. The Balaban J connectivity index is 1.40. The monoisotopic (exact) mass is 426 g/mol. The van der Waals surface area contributed by atoms with Gasteiger partial charge >= 0.3 is 0 Å². The Morgan fingerprint density at radius 2 is 1.74 bits per heavy atom. The smallest absolute Gasteiger partial charge is 0.252 e. The fourth-order valence-corrected chi connectivity index (χ4v) is 4.55. The van der Waals surface area contributed by atoms with Gasteiger partial charge in [0.05, 0.1) is 22.2 Å². The van der Waals surface area contributed by atoms with Crippen LogP contribution in [0.5, 0.6) is 0 Å². The number of carbonyl (C=O) groups excluding carboxylic acids is 1. The van der Waals surface area contributed by atoms with Crippen LogP contribution in [0.4, 0.5) is 0 Å². The molecule has 1 heterocycles. The SMILES string of the molecule is Cc1nc2ccccc2n1CCCNC(=O)c1ccccc1Sc1ccccc1C#N. The van der Waals surface area contributed by atoms with Crippen LogP contribution in [0.2, 0.25) is 0 Å². The topological polar surface area (TPSA) is 70.7 Å². The van der Waals surface area contributed by atoms with Crippen LogP contribution >= 0.6 is 11.8 Å². The van der Waals surface area contributed by atoms with E-state index >= 15 is 0 Å². The molecule has 3 aromatic carbocycles. The van der Waals surface area contributed by atoms with Gasteiger partial charge in [0.1, 0.15) is 11.9 Å². The average molecular weight is 427 g/mol. The summed E-state index contributed by atoms with van der Waals surface area (Å²) in [6, 6.07) is 25.2. The number of nitrogens with zero attached hydrogens (tertiary/aromatic N) is 3. The summed E-state index contributed by atoms with van der Waals surface area (Å²) >= 11 is 1.44. The highest BCUT2D eigenvalue weighted by Crippen LogP contribution is 2.32.